The molecule has 0 aliphatic carbocycles. The van der Waals surface area contributed by atoms with Gasteiger partial charge < -0.3 is 15.0 Å². The zero-order valence-electron chi connectivity index (χ0n) is 10.5. The summed E-state index contributed by atoms with van der Waals surface area (Å²) < 4.78 is 5.25. The average molecular weight is 269 g/mol. The van der Waals surface area contributed by atoms with Crippen LogP contribution >= 0.6 is 12.4 Å². The van der Waals surface area contributed by atoms with Crippen molar-refractivity contribution in [2.24, 2.45) is 0 Å². The normalized spacial score (nSPS) is 25.2. The lowest BCUT2D eigenvalue weighted by Gasteiger charge is -2.35. The highest BCUT2D eigenvalue weighted by Crippen LogP contribution is 2.36. The zero-order valence-corrected chi connectivity index (χ0v) is 11.3. The van der Waals surface area contributed by atoms with Crippen LogP contribution in [0.1, 0.15) is 21.8 Å². The maximum absolute atomic E-state index is 12.2. The Labute approximate surface area is 113 Å². The summed E-state index contributed by atoms with van der Waals surface area (Å²) >= 11 is 0. The van der Waals surface area contributed by atoms with Crippen LogP contribution in [0.2, 0.25) is 0 Å². The van der Waals surface area contributed by atoms with E-state index in [-0.39, 0.29) is 24.4 Å². The molecule has 2 heterocycles. The van der Waals surface area contributed by atoms with Crippen molar-refractivity contribution < 1.29 is 9.53 Å². The Bertz CT molecular complexity index is 478. The van der Waals surface area contributed by atoms with Crippen LogP contribution in [0.5, 0.6) is 5.75 Å². The molecule has 0 spiro atoms. The minimum absolute atomic E-state index is 0. The summed E-state index contributed by atoms with van der Waals surface area (Å²) in [5.41, 5.74) is 1.95. The number of benzene rings is 1. The molecule has 18 heavy (non-hydrogen) atoms. The second-order valence-corrected chi connectivity index (χ2v) is 4.70. The quantitative estimate of drug-likeness (QED) is 0.834. The molecule has 0 aromatic heterocycles. The molecule has 1 saturated heterocycles. The van der Waals surface area contributed by atoms with Gasteiger partial charge >= 0.3 is 0 Å². The number of ether oxygens (including phenoxy) is 1. The number of carbonyl (C=O) groups is 1. The Balaban J connectivity index is 0.00000120. The van der Waals surface area contributed by atoms with Crippen LogP contribution in [0, 0.1) is 0 Å². The third-order valence-corrected chi connectivity index (χ3v) is 3.89. The van der Waals surface area contributed by atoms with Gasteiger partial charge in [0.15, 0.2) is 0 Å². The number of carbonyl (C=O) groups excluding carboxylic acids is 1. The molecule has 0 bridgehead atoms. The van der Waals surface area contributed by atoms with Crippen molar-refractivity contribution in [2.45, 2.75) is 12.0 Å². The maximum atomic E-state index is 12.2. The molecule has 2 aliphatic rings. The van der Waals surface area contributed by atoms with Gasteiger partial charge in [0, 0.05) is 31.6 Å². The summed E-state index contributed by atoms with van der Waals surface area (Å²) in [6, 6.07) is 6.02. The van der Waals surface area contributed by atoms with Gasteiger partial charge in [0.05, 0.1) is 13.2 Å². The molecule has 98 valence electrons. The fraction of sp³-hybridized carbons (Fsp3) is 0.462. The van der Waals surface area contributed by atoms with Crippen LogP contribution < -0.4 is 10.1 Å². The largest absolute Gasteiger partial charge is 0.497 e. The van der Waals surface area contributed by atoms with Gasteiger partial charge in [0.1, 0.15) is 5.75 Å². The van der Waals surface area contributed by atoms with Gasteiger partial charge in [-0.25, -0.2) is 0 Å². The van der Waals surface area contributed by atoms with Gasteiger partial charge in [-0.05, 0) is 23.8 Å². The van der Waals surface area contributed by atoms with E-state index in [9.17, 15) is 4.79 Å². The van der Waals surface area contributed by atoms with E-state index in [1.54, 1.807) is 7.11 Å². The lowest BCUT2D eigenvalue weighted by molar-refractivity contribution is 0.0706. The van der Waals surface area contributed by atoms with Crippen LogP contribution in [-0.2, 0) is 0 Å². The van der Waals surface area contributed by atoms with Crippen LogP contribution in [0.3, 0.4) is 0 Å². The highest BCUT2D eigenvalue weighted by atomic mass is 35.5. The minimum atomic E-state index is 0. The SMILES string of the molecule is COc1ccc2c(c1)[C@@H]1CNC[C@H]1N(C)C2=O.Cl. The number of nitrogens with zero attached hydrogens (tertiary/aromatic N) is 1. The summed E-state index contributed by atoms with van der Waals surface area (Å²) in [7, 11) is 3.54. The molecule has 2 atom stereocenters. The first-order valence-electron chi connectivity index (χ1n) is 5.88. The molecule has 1 N–H and O–H groups in total. The van der Waals surface area contributed by atoms with E-state index in [0.29, 0.717) is 5.92 Å². The first-order valence-corrected chi connectivity index (χ1v) is 5.88. The number of hydrogen-bond donors (Lipinski definition) is 1. The lowest BCUT2D eigenvalue weighted by Crippen LogP contribution is -2.45. The molecular weight excluding hydrogens is 252 g/mol. The van der Waals surface area contributed by atoms with Crippen molar-refractivity contribution in [3.8, 4) is 5.75 Å². The van der Waals surface area contributed by atoms with Gasteiger partial charge in [-0.3, -0.25) is 4.79 Å². The summed E-state index contributed by atoms with van der Waals surface area (Å²) in [5.74, 6) is 1.34. The van der Waals surface area contributed by atoms with E-state index >= 15 is 0 Å². The number of methoxy groups -OCH3 is 1. The number of likely N-dealkylation sites (N-methyl/N-ethyl adjacent to an activating group) is 1. The fourth-order valence-electron chi connectivity index (χ4n) is 2.90. The Morgan fingerprint density at radius 3 is 2.89 bits per heavy atom. The smallest absolute Gasteiger partial charge is 0.254 e. The summed E-state index contributed by atoms with van der Waals surface area (Å²) in [6.45, 7) is 1.81. The van der Waals surface area contributed by atoms with Crippen LogP contribution in [0.25, 0.3) is 0 Å². The van der Waals surface area contributed by atoms with Crippen molar-refractivity contribution in [1.82, 2.24) is 10.2 Å². The molecule has 0 unspecified atom stereocenters. The Kier molecular flexibility index (Phi) is 3.50. The first kappa shape index (κ1) is 13.2. The highest BCUT2D eigenvalue weighted by Gasteiger charge is 2.40. The summed E-state index contributed by atoms with van der Waals surface area (Å²) in [6.07, 6.45) is 0. The fourth-order valence-corrected chi connectivity index (χ4v) is 2.90. The second-order valence-electron chi connectivity index (χ2n) is 4.70. The van der Waals surface area contributed by atoms with Crippen molar-refractivity contribution >= 4 is 18.3 Å². The Hall–Kier alpha value is -1.26. The molecule has 1 aromatic carbocycles. The third-order valence-electron chi connectivity index (χ3n) is 3.89. The number of fused-ring (bicyclic) bond motifs is 3. The first-order chi connectivity index (χ1) is 8.22. The van der Waals surface area contributed by atoms with E-state index in [1.165, 1.54) is 0 Å². The molecule has 1 amide bonds. The Morgan fingerprint density at radius 1 is 1.39 bits per heavy atom. The molecular formula is C13H17ClN2O2. The number of rotatable bonds is 1. The van der Waals surface area contributed by atoms with E-state index in [2.05, 4.69) is 5.32 Å². The predicted octanol–water partition coefficient (Wildman–Crippen LogP) is 1.26. The molecule has 2 aliphatic heterocycles. The van der Waals surface area contributed by atoms with Gasteiger partial charge in [0.25, 0.3) is 5.91 Å². The van der Waals surface area contributed by atoms with E-state index in [4.69, 9.17) is 4.74 Å². The number of amides is 1. The molecule has 1 fully saturated rings. The van der Waals surface area contributed by atoms with Crippen molar-refractivity contribution in [1.29, 1.82) is 0 Å². The van der Waals surface area contributed by atoms with Crippen LogP contribution in [0.4, 0.5) is 0 Å². The monoisotopic (exact) mass is 268 g/mol. The van der Waals surface area contributed by atoms with Gasteiger partial charge in [-0.15, -0.1) is 12.4 Å². The van der Waals surface area contributed by atoms with Gasteiger partial charge in [0.2, 0.25) is 0 Å². The van der Waals surface area contributed by atoms with Gasteiger partial charge in [-0.1, -0.05) is 0 Å². The van der Waals surface area contributed by atoms with E-state index in [1.807, 2.05) is 30.1 Å². The zero-order chi connectivity index (χ0) is 12.0. The van der Waals surface area contributed by atoms with E-state index in [0.717, 1.165) is 30.0 Å². The number of nitrogens with one attached hydrogen (secondary N) is 1. The molecule has 4 nitrogen and oxygen atoms in total. The predicted molar refractivity (Wildman–Crippen MR) is 71.7 cm³/mol. The minimum Gasteiger partial charge on any atom is -0.497 e. The third kappa shape index (κ3) is 1.76. The van der Waals surface area contributed by atoms with E-state index < -0.39 is 0 Å². The van der Waals surface area contributed by atoms with Crippen molar-refractivity contribution in [3.05, 3.63) is 29.3 Å². The maximum Gasteiger partial charge on any atom is 0.254 e. The lowest BCUT2D eigenvalue weighted by atomic mass is 9.85. The molecule has 0 radical (unpaired) electrons. The van der Waals surface area contributed by atoms with Crippen molar-refractivity contribution in [2.75, 3.05) is 27.2 Å². The summed E-state index contributed by atoms with van der Waals surface area (Å²) in [5, 5.41) is 3.36. The number of hydrogen-bond acceptors (Lipinski definition) is 3. The van der Waals surface area contributed by atoms with Crippen LogP contribution in [0.15, 0.2) is 18.2 Å². The molecule has 1 aromatic rings. The van der Waals surface area contributed by atoms with Crippen LogP contribution in [-0.4, -0.2) is 44.1 Å². The van der Waals surface area contributed by atoms with Gasteiger partial charge in [-0.2, -0.15) is 0 Å². The number of halogens is 1. The summed E-state index contributed by atoms with van der Waals surface area (Å²) in [4.78, 5) is 14.1. The highest BCUT2D eigenvalue weighted by molar-refractivity contribution is 5.97. The average Bonchev–Trinajstić information content (AvgIpc) is 2.84. The molecule has 5 heteroatoms. The molecule has 3 rings (SSSR count). The Morgan fingerprint density at radius 2 is 2.17 bits per heavy atom. The molecule has 0 saturated carbocycles. The standard InChI is InChI=1S/C13H16N2O2.ClH/c1-15-12-7-14-6-11(12)10-5-8(17-2)3-4-9(10)13(15)16;/h3-5,11-12,14H,6-7H2,1-2H3;1H/t11-,12+;/m0./s1. The topological polar surface area (TPSA) is 41.6 Å². The van der Waals surface area contributed by atoms with Crippen molar-refractivity contribution in [3.63, 3.8) is 0 Å². The second kappa shape index (κ2) is 4.78.